The van der Waals surface area contributed by atoms with Gasteiger partial charge in [0.2, 0.25) is 0 Å². The fourth-order valence-corrected chi connectivity index (χ4v) is 2.74. The highest BCUT2D eigenvalue weighted by atomic mass is 32.2. The van der Waals surface area contributed by atoms with E-state index in [1.807, 2.05) is 30.1 Å². The number of hydrogen-bond acceptors (Lipinski definition) is 2. The van der Waals surface area contributed by atoms with Crippen LogP contribution in [0.15, 0.2) is 54.7 Å². The lowest BCUT2D eigenvalue weighted by Gasteiger charge is -2.11. The Labute approximate surface area is 107 Å². The van der Waals surface area contributed by atoms with Gasteiger partial charge in [0.05, 0.1) is 0 Å². The largest absolute Gasteiger partial charge is 0.261 e. The molecule has 1 unspecified atom stereocenters. The fourth-order valence-electron chi connectivity index (χ4n) is 1.71. The Balaban J connectivity index is 1.79. The zero-order valence-electron chi connectivity index (χ0n) is 10.0. The van der Waals surface area contributed by atoms with Gasteiger partial charge in [-0.05, 0) is 36.8 Å². The van der Waals surface area contributed by atoms with Crippen LogP contribution in [0.4, 0.5) is 0 Å². The van der Waals surface area contributed by atoms with Crippen molar-refractivity contribution in [1.29, 1.82) is 0 Å². The third kappa shape index (κ3) is 3.90. The summed E-state index contributed by atoms with van der Waals surface area (Å²) in [6.07, 6.45) is 2.91. The lowest BCUT2D eigenvalue weighted by atomic mass is 10.2. The summed E-state index contributed by atoms with van der Waals surface area (Å²) in [7, 11) is 0. The molecule has 0 aliphatic carbocycles. The summed E-state index contributed by atoms with van der Waals surface area (Å²) < 4.78 is 0. The van der Waals surface area contributed by atoms with Crippen molar-refractivity contribution in [1.82, 2.24) is 4.98 Å². The lowest BCUT2D eigenvalue weighted by molar-refractivity contribution is 1.03. The molecule has 1 aromatic heterocycles. The van der Waals surface area contributed by atoms with E-state index >= 15 is 0 Å². The third-order valence-electron chi connectivity index (χ3n) is 2.72. The Morgan fingerprint density at radius 2 is 1.82 bits per heavy atom. The molecule has 88 valence electrons. The highest BCUT2D eigenvalue weighted by Gasteiger charge is 2.04. The van der Waals surface area contributed by atoms with Crippen LogP contribution in [0.5, 0.6) is 0 Å². The minimum absolute atomic E-state index is 0.555. The molecule has 0 aliphatic rings. The highest BCUT2D eigenvalue weighted by molar-refractivity contribution is 7.99. The van der Waals surface area contributed by atoms with Crippen molar-refractivity contribution in [3.63, 3.8) is 0 Å². The smallest absolute Gasteiger partial charge is 0.0411 e. The first-order valence-electron chi connectivity index (χ1n) is 5.93. The molecule has 1 aromatic carbocycles. The molecule has 0 N–H and O–H groups in total. The highest BCUT2D eigenvalue weighted by Crippen LogP contribution is 2.28. The van der Waals surface area contributed by atoms with Gasteiger partial charge in [0.1, 0.15) is 0 Å². The molecule has 1 heterocycles. The van der Waals surface area contributed by atoms with Crippen molar-refractivity contribution in [2.45, 2.75) is 18.6 Å². The fraction of sp³-hybridized carbons (Fsp3) is 0.267. The third-order valence-corrected chi connectivity index (χ3v) is 3.93. The van der Waals surface area contributed by atoms with Gasteiger partial charge in [0.15, 0.2) is 0 Å². The average Bonchev–Trinajstić information content (AvgIpc) is 2.41. The maximum atomic E-state index is 4.33. The monoisotopic (exact) mass is 243 g/mol. The van der Waals surface area contributed by atoms with Gasteiger partial charge in [0.25, 0.3) is 0 Å². The Kier molecular flexibility index (Phi) is 4.63. The van der Waals surface area contributed by atoms with Crippen LogP contribution >= 0.6 is 11.8 Å². The minimum Gasteiger partial charge on any atom is -0.261 e. The number of hydrogen-bond donors (Lipinski definition) is 0. The Morgan fingerprint density at radius 1 is 1.06 bits per heavy atom. The van der Waals surface area contributed by atoms with E-state index in [1.54, 1.807) is 0 Å². The van der Waals surface area contributed by atoms with E-state index in [-0.39, 0.29) is 0 Å². The number of nitrogens with zero attached hydrogens (tertiary/aromatic N) is 1. The Hall–Kier alpha value is -1.28. The van der Waals surface area contributed by atoms with Gasteiger partial charge >= 0.3 is 0 Å². The number of rotatable bonds is 5. The van der Waals surface area contributed by atoms with E-state index in [2.05, 4.69) is 48.3 Å². The van der Waals surface area contributed by atoms with E-state index in [0.717, 1.165) is 12.2 Å². The van der Waals surface area contributed by atoms with Gasteiger partial charge in [-0.15, -0.1) is 0 Å². The normalized spacial score (nSPS) is 12.3. The first-order valence-corrected chi connectivity index (χ1v) is 6.97. The molecule has 0 aliphatic heterocycles. The summed E-state index contributed by atoms with van der Waals surface area (Å²) in [6, 6.07) is 16.8. The zero-order chi connectivity index (χ0) is 11.9. The predicted octanol–water partition coefficient (Wildman–Crippen LogP) is 4.12. The summed E-state index contributed by atoms with van der Waals surface area (Å²) >= 11 is 1.98. The van der Waals surface area contributed by atoms with Crippen molar-refractivity contribution in [2.24, 2.45) is 0 Å². The first-order chi connectivity index (χ1) is 8.36. The SMILES string of the molecule is CC(SCCc1ccccn1)c1ccccc1. The molecule has 0 saturated heterocycles. The van der Waals surface area contributed by atoms with E-state index in [1.165, 1.54) is 11.3 Å². The molecule has 2 aromatic rings. The van der Waals surface area contributed by atoms with Crippen LogP contribution in [0.1, 0.15) is 23.4 Å². The summed E-state index contributed by atoms with van der Waals surface area (Å²) in [5.41, 5.74) is 2.58. The number of benzene rings is 1. The second kappa shape index (κ2) is 6.45. The van der Waals surface area contributed by atoms with Crippen molar-refractivity contribution in [3.05, 3.63) is 66.0 Å². The average molecular weight is 243 g/mol. The van der Waals surface area contributed by atoms with Crippen LogP contribution < -0.4 is 0 Å². The molecule has 2 rings (SSSR count). The van der Waals surface area contributed by atoms with Crippen LogP contribution in [0, 0.1) is 0 Å². The quantitative estimate of drug-likeness (QED) is 0.783. The standard InChI is InChI=1S/C15H17NS/c1-13(14-7-3-2-4-8-14)17-12-10-15-9-5-6-11-16-15/h2-9,11,13H,10,12H2,1H3. The lowest BCUT2D eigenvalue weighted by Crippen LogP contribution is -1.95. The second-order valence-corrected chi connectivity index (χ2v) is 5.44. The van der Waals surface area contributed by atoms with Gasteiger partial charge in [-0.2, -0.15) is 11.8 Å². The van der Waals surface area contributed by atoms with Crippen LogP contribution in [-0.4, -0.2) is 10.7 Å². The van der Waals surface area contributed by atoms with Gasteiger partial charge in [-0.1, -0.05) is 36.4 Å². The molecule has 17 heavy (non-hydrogen) atoms. The van der Waals surface area contributed by atoms with Gasteiger partial charge in [0, 0.05) is 17.1 Å². The van der Waals surface area contributed by atoms with Crippen molar-refractivity contribution in [2.75, 3.05) is 5.75 Å². The van der Waals surface area contributed by atoms with Gasteiger partial charge in [-0.3, -0.25) is 4.98 Å². The van der Waals surface area contributed by atoms with E-state index in [9.17, 15) is 0 Å². The first kappa shape index (κ1) is 12.2. The maximum absolute atomic E-state index is 4.33. The molecule has 2 heteroatoms. The molecular weight excluding hydrogens is 226 g/mol. The van der Waals surface area contributed by atoms with Crippen molar-refractivity contribution >= 4 is 11.8 Å². The number of aryl methyl sites for hydroxylation is 1. The summed E-state index contributed by atoms with van der Waals surface area (Å²) in [4.78, 5) is 4.33. The topological polar surface area (TPSA) is 12.9 Å². The van der Waals surface area contributed by atoms with E-state index in [4.69, 9.17) is 0 Å². The molecule has 0 saturated carbocycles. The predicted molar refractivity (Wildman–Crippen MR) is 75.3 cm³/mol. The molecular formula is C15H17NS. The molecule has 0 fully saturated rings. The van der Waals surface area contributed by atoms with Gasteiger partial charge < -0.3 is 0 Å². The van der Waals surface area contributed by atoms with Crippen LogP contribution in [0.3, 0.4) is 0 Å². The van der Waals surface area contributed by atoms with Gasteiger partial charge in [-0.25, -0.2) is 0 Å². The molecule has 0 radical (unpaired) electrons. The van der Waals surface area contributed by atoms with Crippen molar-refractivity contribution in [3.8, 4) is 0 Å². The molecule has 1 atom stereocenters. The molecule has 0 spiro atoms. The second-order valence-electron chi connectivity index (χ2n) is 3.99. The van der Waals surface area contributed by atoms with Crippen LogP contribution in [-0.2, 0) is 6.42 Å². The maximum Gasteiger partial charge on any atom is 0.0411 e. The summed E-state index contributed by atoms with van der Waals surface area (Å²) in [5, 5.41) is 0.555. The molecule has 0 amide bonds. The minimum atomic E-state index is 0.555. The number of aromatic nitrogens is 1. The Morgan fingerprint density at radius 3 is 2.53 bits per heavy atom. The zero-order valence-corrected chi connectivity index (χ0v) is 10.9. The van der Waals surface area contributed by atoms with Crippen molar-refractivity contribution < 1.29 is 0 Å². The van der Waals surface area contributed by atoms with Crippen LogP contribution in [0.25, 0.3) is 0 Å². The van der Waals surface area contributed by atoms with E-state index in [0.29, 0.717) is 5.25 Å². The summed E-state index contributed by atoms with van der Waals surface area (Å²) in [6.45, 7) is 2.26. The molecule has 1 nitrogen and oxygen atoms in total. The number of thioether (sulfide) groups is 1. The van der Waals surface area contributed by atoms with Crippen LogP contribution in [0.2, 0.25) is 0 Å². The molecule has 0 bridgehead atoms. The Bertz CT molecular complexity index is 427. The summed E-state index contributed by atoms with van der Waals surface area (Å²) in [5.74, 6) is 1.12. The number of pyridine rings is 1. The van der Waals surface area contributed by atoms with E-state index < -0.39 is 0 Å².